The molecule has 2 N–H and O–H groups in total. The zero-order valence-corrected chi connectivity index (χ0v) is 9.64. The highest BCUT2D eigenvalue weighted by Gasteiger charge is 2.41. The van der Waals surface area contributed by atoms with E-state index in [-0.39, 0.29) is 5.54 Å². The van der Waals surface area contributed by atoms with Gasteiger partial charge in [-0.05, 0) is 44.7 Å². The van der Waals surface area contributed by atoms with Gasteiger partial charge in [-0.3, -0.25) is 4.57 Å². The summed E-state index contributed by atoms with van der Waals surface area (Å²) in [5, 5.41) is 0. The number of nitrogens with zero attached hydrogens (tertiary/aromatic N) is 3. The van der Waals surface area contributed by atoms with Crippen molar-refractivity contribution in [1.29, 1.82) is 0 Å². The molecule has 16 heavy (non-hydrogen) atoms. The standard InChI is InChI=1S/C12H16N4/c1-12(2,8-5-6-8)16-10-9(15-11(16)13)4-3-7-14-10/h3-4,7-8H,5-6H2,1-2H3,(H2,13,15). The highest BCUT2D eigenvalue weighted by Crippen LogP contribution is 2.45. The van der Waals surface area contributed by atoms with Crippen LogP contribution in [-0.4, -0.2) is 14.5 Å². The summed E-state index contributed by atoms with van der Waals surface area (Å²) in [6.45, 7) is 4.44. The van der Waals surface area contributed by atoms with Crippen molar-refractivity contribution in [1.82, 2.24) is 14.5 Å². The van der Waals surface area contributed by atoms with E-state index in [1.165, 1.54) is 12.8 Å². The summed E-state index contributed by atoms with van der Waals surface area (Å²) in [7, 11) is 0. The van der Waals surface area contributed by atoms with E-state index in [9.17, 15) is 0 Å². The molecule has 1 saturated carbocycles. The van der Waals surface area contributed by atoms with E-state index in [1.807, 2.05) is 12.1 Å². The van der Waals surface area contributed by atoms with E-state index in [1.54, 1.807) is 6.20 Å². The Morgan fingerprint density at radius 1 is 1.44 bits per heavy atom. The third-order valence-corrected chi connectivity index (χ3v) is 3.59. The molecule has 2 aromatic heterocycles. The normalized spacial score (nSPS) is 16.9. The fourth-order valence-electron chi connectivity index (χ4n) is 2.47. The number of nitrogen functional groups attached to an aromatic ring is 1. The molecule has 0 saturated heterocycles. The summed E-state index contributed by atoms with van der Waals surface area (Å²) in [5.74, 6) is 1.28. The van der Waals surface area contributed by atoms with Crippen LogP contribution in [0.1, 0.15) is 26.7 Å². The lowest BCUT2D eigenvalue weighted by molar-refractivity contribution is 0.316. The Labute approximate surface area is 94.5 Å². The number of hydrogen-bond acceptors (Lipinski definition) is 3. The molecule has 0 spiro atoms. The Kier molecular flexibility index (Phi) is 1.79. The molecule has 1 aliphatic carbocycles. The van der Waals surface area contributed by atoms with E-state index >= 15 is 0 Å². The van der Waals surface area contributed by atoms with Gasteiger partial charge in [-0.2, -0.15) is 0 Å². The van der Waals surface area contributed by atoms with Crippen LogP contribution in [0, 0.1) is 5.92 Å². The van der Waals surface area contributed by atoms with E-state index in [0.29, 0.717) is 11.9 Å². The lowest BCUT2D eigenvalue weighted by atomic mass is 9.98. The van der Waals surface area contributed by atoms with Crippen LogP contribution in [0.5, 0.6) is 0 Å². The van der Waals surface area contributed by atoms with Crippen molar-refractivity contribution >= 4 is 17.1 Å². The highest BCUT2D eigenvalue weighted by atomic mass is 15.2. The van der Waals surface area contributed by atoms with Crippen molar-refractivity contribution in [3.8, 4) is 0 Å². The average Bonchev–Trinajstić information content (AvgIpc) is 3.00. The summed E-state index contributed by atoms with van der Waals surface area (Å²) >= 11 is 0. The zero-order valence-electron chi connectivity index (χ0n) is 9.64. The molecule has 1 aliphatic rings. The summed E-state index contributed by atoms with van der Waals surface area (Å²) in [4.78, 5) is 8.77. The fraction of sp³-hybridized carbons (Fsp3) is 0.500. The van der Waals surface area contributed by atoms with Gasteiger partial charge >= 0.3 is 0 Å². The van der Waals surface area contributed by atoms with Crippen LogP contribution < -0.4 is 5.73 Å². The first-order valence-corrected chi connectivity index (χ1v) is 5.70. The minimum Gasteiger partial charge on any atom is -0.369 e. The molecule has 4 heteroatoms. The number of fused-ring (bicyclic) bond motifs is 1. The van der Waals surface area contributed by atoms with Crippen LogP contribution in [0.25, 0.3) is 11.2 Å². The molecule has 1 fully saturated rings. The maximum atomic E-state index is 6.02. The average molecular weight is 216 g/mol. The van der Waals surface area contributed by atoms with Crippen molar-refractivity contribution < 1.29 is 0 Å². The molecule has 0 amide bonds. The molecule has 3 rings (SSSR count). The molecular formula is C12H16N4. The predicted molar refractivity (Wildman–Crippen MR) is 64.0 cm³/mol. The van der Waals surface area contributed by atoms with E-state index < -0.39 is 0 Å². The third kappa shape index (κ3) is 1.22. The molecular weight excluding hydrogens is 200 g/mol. The number of anilines is 1. The number of hydrogen-bond donors (Lipinski definition) is 1. The Morgan fingerprint density at radius 3 is 2.88 bits per heavy atom. The number of rotatable bonds is 2. The van der Waals surface area contributed by atoms with Gasteiger partial charge in [-0.15, -0.1) is 0 Å². The van der Waals surface area contributed by atoms with Gasteiger partial charge in [-0.1, -0.05) is 0 Å². The molecule has 0 unspecified atom stereocenters. The van der Waals surface area contributed by atoms with Crippen LogP contribution in [-0.2, 0) is 5.54 Å². The maximum Gasteiger partial charge on any atom is 0.202 e. The summed E-state index contributed by atoms with van der Waals surface area (Å²) in [6, 6.07) is 3.85. The van der Waals surface area contributed by atoms with Gasteiger partial charge in [-0.25, -0.2) is 9.97 Å². The predicted octanol–water partition coefficient (Wildman–Crippen LogP) is 2.16. The van der Waals surface area contributed by atoms with Gasteiger partial charge in [0.1, 0.15) is 5.52 Å². The molecule has 0 aromatic carbocycles. The summed E-state index contributed by atoms with van der Waals surface area (Å²) < 4.78 is 2.08. The first kappa shape index (κ1) is 9.63. The van der Waals surface area contributed by atoms with Crippen molar-refractivity contribution in [2.75, 3.05) is 5.73 Å². The van der Waals surface area contributed by atoms with Crippen LogP contribution in [0.4, 0.5) is 5.95 Å². The largest absolute Gasteiger partial charge is 0.369 e. The maximum absolute atomic E-state index is 6.02. The van der Waals surface area contributed by atoms with Gasteiger partial charge in [0, 0.05) is 11.7 Å². The second-order valence-corrected chi connectivity index (χ2v) is 5.08. The monoisotopic (exact) mass is 216 g/mol. The molecule has 84 valence electrons. The molecule has 2 aromatic rings. The van der Waals surface area contributed by atoms with Crippen LogP contribution in [0.3, 0.4) is 0 Å². The first-order chi connectivity index (χ1) is 7.60. The lowest BCUT2D eigenvalue weighted by Crippen LogP contribution is -2.30. The topological polar surface area (TPSA) is 56.7 Å². The minimum absolute atomic E-state index is 0.0210. The SMILES string of the molecule is CC(C)(C1CC1)n1c(N)nc2cccnc21. The Balaban J connectivity index is 2.25. The van der Waals surface area contributed by atoms with Crippen molar-refractivity contribution in [2.24, 2.45) is 5.92 Å². The van der Waals surface area contributed by atoms with Crippen LogP contribution >= 0.6 is 0 Å². The van der Waals surface area contributed by atoms with Gasteiger partial charge in [0.2, 0.25) is 5.95 Å². The Morgan fingerprint density at radius 2 is 2.19 bits per heavy atom. The number of nitrogens with two attached hydrogens (primary N) is 1. The fourth-order valence-corrected chi connectivity index (χ4v) is 2.47. The van der Waals surface area contributed by atoms with Gasteiger partial charge in [0.05, 0.1) is 0 Å². The van der Waals surface area contributed by atoms with Gasteiger partial charge in [0.15, 0.2) is 5.65 Å². The Bertz CT molecular complexity index is 537. The summed E-state index contributed by atoms with van der Waals surface area (Å²) in [6.07, 6.45) is 4.35. The molecule has 0 bridgehead atoms. The van der Waals surface area contributed by atoms with Crippen LogP contribution in [0.2, 0.25) is 0 Å². The van der Waals surface area contributed by atoms with E-state index in [0.717, 1.165) is 11.2 Å². The quantitative estimate of drug-likeness (QED) is 0.836. The number of aromatic nitrogens is 3. The van der Waals surface area contributed by atoms with Gasteiger partial charge < -0.3 is 5.73 Å². The zero-order chi connectivity index (χ0) is 11.3. The third-order valence-electron chi connectivity index (χ3n) is 3.59. The smallest absolute Gasteiger partial charge is 0.202 e. The molecule has 0 radical (unpaired) electrons. The van der Waals surface area contributed by atoms with Crippen molar-refractivity contribution in [3.63, 3.8) is 0 Å². The van der Waals surface area contributed by atoms with Gasteiger partial charge in [0.25, 0.3) is 0 Å². The highest BCUT2D eigenvalue weighted by molar-refractivity contribution is 5.74. The second kappa shape index (κ2) is 2.97. The number of imidazole rings is 1. The molecule has 2 heterocycles. The second-order valence-electron chi connectivity index (χ2n) is 5.08. The minimum atomic E-state index is 0.0210. The Hall–Kier alpha value is -1.58. The van der Waals surface area contributed by atoms with Crippen molar-refractivity contribution in [3.05, 3.63) is 18.3 Å². The van der Waals surface area contributed by atoms with E-state index in [4.69, 9.17) is 5.73 Å². The first-order valence-electron chi connectivity index (χ1n) is 5.70. The molecule has 4 nitrogen and oxygen atoms in total. The lowest BCUT2D eigenvalue weighted by Gasteiger charge is -2.27. The number of pyridine rings is 1. The van der Waals surface area contributed by atoms with E-state index in [2.05, 4.69) is 28.4 Å². The molecule has 0 atom stereocenters. The van der Waals surface area contributed by atoms with Crippen LogP contribution in [0.15, 0.2) is 18.3 Å². The molecule has 0 aliphatic heterocycles. The van der Waals surface area contributed by atoms with Crippen molar-refractivity contribution in [2.45, 2.75) is 32.2 Å². The summed E-state index contributed by atoms with van der Waals surface area (Å²) in [5.41, 5.74) is 7.82.